The number of amides is 2. The van der Waals surface area contributed by atoms with Crippen LogP contribution in [0.25, 0.3) is 0 Å². The molecule has 0 saturated carbocycles. The summed E-state index contributed by atoms with van der Waals surface area (Å²) in [5.41, 5.74) is 3.59. The maximum Gasteiger partial charge on any atom is 0.398 e. The van der Waals surface area contributed by atoms with Gasteiger partial charge in [-0.15, -0.1) is 12.3 Å². The fourth-order valence-corrected chi connectivity index (χ4v) is 0.487. The number of esters is 1. The lowest BCUT2D eigenvalue weighted by molar-refractivity contribution is -0.155. The molecule has 0 heterocycles. The molecule has 0 aromatic heterocycles. The SMILES string of the molecule is C#CCCC.CCOC(=O)C(=O)NNC=O. The maximum atomic E-state index is 10.5. The van der Waals surface area contributed by atoms with Crippen LogP contribution in [0.4, 0.5) is 0 Å². The monoisotopic (exact) mass is 228 g/mol. The third-order valence-corrected chi connectivity index (χ3v) is 1.10. The van der Waals surface area contributed by atoms with Gasteiger partial charge in [0.1, 0.15) is 0 Å². The molecule has 0 rings (SSSR count). The van der Waals surface area contributed by atoms with Crippen molar-refractivity contribution in [3.8, 4) is 12.3 Å². The number of terminal acetylenes is 1. The van der Waals surface area contributed by atoms with Crippen molar-refractivity contribution >= 4 is 18.3 Å². The van der Waals surface area contributed by atoms with E-state index in [1.807, 2.05) is 0 Å². The molecule has 0 aliphatic rings. The van der Waals surface area contributed by atoms with Crippen molar-refractivity contribution in [2.75, 3.05) is 6.61 Å². The number of carbonyl (C=O) groups excluding carboxylic acids is 3. The molecule has 0 spiro atoms. The van der Waals surface area contributed by atoms with Crippen LogP contribution in [0.3, 0.4) is 0 Å². The highest BCUT2D eigenvalue weighted by atomic mass is 16.5. The van der Waals surface area contributed by atoms with Crippen molar-refractivity contribution in [1.29, 1.82) is 0 Å². The normalized spacial score (nSPS) is 7.56. The van der Waals surface area contributed by atoms with Crippen LogP contribution in [0.1, 0.15) is 26.7 Å². The van der Waals surface area contributed by atoms with Gasteiger partial charge in [0.2, 0.25) is 6.41 Å². The maximum absolute atomic E-state index is 10.5. The Morgan fingerprint density at radius 1 is 1.44 bits per heavy atom. The van der Waals surface area contributed by atoms with Crippen LogP contribution in [-0.2, 0) is 19.1 Å². The Morgan fingerprint density at radius 3 is 2.38 bits per heavy atom. The lowest BCUT2D eigenvalue weighted by Gasteiger charge is -2.00. The van der Waals surface area contributed by atoms with Gasteiger partial charge in [-0.25, -0.2) is 4.79 Å². The minimum atomic E-state index is -1.03. The molecule has 0 saturated heterocycles. The first-order valence-corrected chi connectivity index (χ1v) is 4.73. The minimum absolute atomic E-state index is 0.118. The molecule has 2 N–H and O–H groups in total. The van der Waals surface area contributed by atoms with Gasteiger partial charge in [-0.1, -0.05) is 6.92 Å². The van der Waals surface area contributed by atoms with E-state index in [2.05, 4.69) is 17.6 Å². The fourth-order valence-electron chi connectivity index (χ4n) is 0.487. The van der Waals surface area contributed by atoms with Gasteiger partial charge in [-0.05, 0) is 13.3 Å². The Hall–Kier alpha value is -2.03. The molecule has 6 heteroatoms. The summed E-state index contributed by atoms with van der Waals surface area (Å²) in [6.45, 7) is 3.76. The number of carbonyl (C=O) groups is 3. The van der Waals surface area contributed by atoms with Crippen LogP contribution >= 0.6 is 0 Å². The molecule has 0 atom stereocenters. The topological polar surface area (TPSA) is 84.5 Å². The standard InChI is InChI=1S/C5H8N2O4.C5H8/c1-2-11-5(10)4(9)7-6-3-8;1-3-5-4-2/h3H,2H2,1H3,(H,6,8)(H,7,9);1H,4-5H2,2H3. The quantitative estimate of drug-likeness (QED) is 0.228. The lowest BCUT2D eigenvalue weighted by Crippen LogP contribution is -2.41. The molecule has 0 aliphatic carbocycles. The molecule has 0 fully saturated rings. The Bertz CT molecular complexity index is 258. The molecule has 0 aromatic rings. The van der Waals surface area contributed by atoms with Gasteiger partial charge in [0.15, 0.2) is 0 Å². The predicted molar refractivity (Wildman–Crippen MR) is 57.7 cm³/mol. The first kappa shape index (κ1) is 16.4. The Balaban J connectivity index is 0. The number of hydrogen-bond acceptors (Lipinski definition) is 4. The number of hydrazine groups is 1. The van der Waals surface area contributed by atoms with Crippen molar-refractivity contribution in [1.82, 2.24) is 10.9 Å². The number of unbranched alkanes of at least 4 members (excludes halogenated alkanes) is 1. The van der Waals surface area contributed by atoms with Crippen molar-refractivity contribution in [3.63, 3.8) is 0 Å². The van der Waals surface area contributed by atoms with Crippen LogP contribution in [-0.4, -0.2) is 24.9 Å². The molecule has 0 radical (unpaired) electrons. The summed E-state index contributed by atoms with van der Waals surface area (Å²) in [4.78, 5) is 30.6. The van der Waals surface area contributed by atoms with E-state index in [-0.39, 0.29) is 13.0 Å². The predicted octanol–water partition coefficient (Wildman–Crippen LogP) is -0.254. The summed E-state index contributed by atoms with van der Waals surface area (Å²) in [5, 5.41) is 0. The summed E-state index contributed by atoms with van der Waals surface area (Å²) in [6.07, 6.45) is 7.15. The van der Waals surface area contributed by atoms with Gasteiger partial charge in [0, 0.05) is 6.42 Å². The average molecular weight is 228 g/mol. The van der Waals surface area contributed by atoms with Crippen molar-refractivity contribution in [2.45, 2.75) is 26.7 Å². The molecule has 16 heavy (non-hydrogen) atoms. The zero-order valence-corrected chi connectivity index (χ0v) is 9.41. The molecule has 2 amide bonds. The molecular formula is C10H16N2O4. The minimum Gasteiger partial charge on any atom is -0.459 e. The van der Waals surface area contributed by atoms with E-state index in [0.717, 1.165) is 12.8 Å². The van der Waals surface area contributed by atoms with E-state index in [0.29, 0.717) is 0 Å². The number of nitrogens with one attached hydrogen (secondary N) is 2. The van der Waals surface area contributed by atoms with E-state index in [4.69, 9.17) is 6.42 Å². The molecule has 0 aliphatic heterocycles. The zero-order chi connectivity index (χ0) is 12.8. The van der Waals surface area contributed by atoms with Crippen LogP contribution in [0.5, 0.6) is 0 Å². The molecule has 0 unspecified atom stereocenters. The van der Waals surface area contributed by atoms with Crippen molar-refractivity contribution in [2.24, 2.45) is 0 Å². The summed E-state index contributed by atoms with van der Waals surface area (Å²) < 4.78 is 4.29. The van der Waals surface area contributed by atoms with E-state index < -0.39 is 11.9 Å². The highest BCUT2D eigenvalue weighted by molar-refractivity contribution is 6.32. The van der Waals surface area contributed by atoms with Crippen LogP contribution < -0.4 is 10.9 Å². The lowest BCUT2D eigenvalue weighted by atomic mass is 10.4. The first-order valence-electron chi connectivity index (χ1n) is 4.73. The smallest absolute Gasteiger partial charge is 0.398 e. The van der Waals surface area contributed by atoms with E-state index in [1.165, 1.54) is 0 Å². The first-order chi connectivity index (χ1) is 7.63. The highest BCUT2D eigenvalue weighted by Gasteiger charge is 2.12. The van der Waals surface area contributed by atoms with Gasteiger partial charge in [0.05, 0.1) is 6.61 Å². The van der Waals surface area contributed by atoms with E-state index in [9.17, 15) is 14.4 Å². The molecule has 90 valence electrons. The summed E-state index contributed by atoms with van der Waals surface area (Å²) in [6, 6.07) is 0. The highest BCUT2D eigenvalue weighted by Crippen LogP contribution is 1.77. The summed E-state index contributed by atoms with van der Waals surface area (Å²) in [7, 11) is 0. The largest absolute Gasteiger partial charge is 0.459 e. The molecule has 0 aromatic carbocycles. The van der Waals surface area contributed by atoms with E-state index in [1.54, 1.807) is 17.8 Å². The molecular weight excluding hydrogens is 212 g/mol. The van der Waals surface area contributed by atoms with Gasteiger partial charge in [-0.2, -0.15) is 0 Å². The molecule has 6 nitrogen and oxygen atoms in total. The summed E-state index contributed by atoms with van der Waals surface area (Å²) >= 11 is 0. The second-order valence-electron chi connectivity index (χ2n) is 2.39. The van der Waals surface area contributed by atoms with E-state index >= 15 is 0 Å². The van der Waals surface area contributed by atoms with Crippen molar-refractivity contribution in [3.05, 3.63) is 0 Å². The summed E-state index contributed by atoms with van der Waals surface area (Å²) in [5.74, 6) is 0.490. The molecule has 0 bridgehead atoms. The van der Waals surface area contributed by atoms with Crippen LogP contribution in [0.15, 0.2) is 0 Å². The Labute approximate surface area is 94.7 Å². The average Bonchev–Trinajstić information content (AvgIpc) is 2.28. The van der Waals surface area contributed by atoms with Gasteiger partial charge in [-0.3, -0.25) is 20.4 Å². The van der Waals surface area contributed by atoms with Gasteiger partial charge >= 0.3 is 11.9 Å². The van der Waals surface area contributed by atoms with Crippen molar-refractivity contribution < 1.29 is 19.1 Å². The number of rotatable bonds is 4. The second kappa shape index (κ2) is 13.0. The number of ether oxygens (including phenoxy) is 1. The van der Waals surface area contributed by atoms with Gasteiger partial charge < -0.3 is 4.74 Å². The zero-order valence-electron chi connectivity index (χ0n) is 9.41. The fraction of sp³-hybridized carbons (Fsp3) is 0.500. The third kappa shape index (κ3) is 12.0. The van der Waals surface area contributed by atoms with Crippen LogP contribution in [0.2, 0.25) is 0 Å². The third-order valence-electron chi connectivity index (χ3n) is 1.10. The van der Waals surface area contributed by atoms with Gasteiger partial charge in [0.25, 0.3) is 0 Å². The Morgan fingerprint density at radius 2 is 2.06 bits per heavy atom. The van der Waals surface area contributed by atoms with Crippen LogP contribution in [0, 0.1) is 12.3 Å². The second-order valence-corrected chi connectivity index (χ2v) is 2.39. The Kier molecular flexibility index (Phi) is 13.3. The number of hydrogen-bond donors (Lipinski definition) is 2.